The number of rotatable bonds is 6. The van der Waals surface area contributed by atoms with Crippen LogP contribution in [0.15, 0.2) is 30.3 Å². The molecule has 1 N–H and O–H groups in total. The number of aryl methyl sites for hydroxylation is 1. The SMILES string of the molecule is CCCNc1cc(N(CC)c2cccc(F)c2)nc(C)n1. The molecule has 0 bridgehead atoms. The van der Waals surface area contributed by atoms with Crippen LogP contribution < -0.4 is 10.2 Å². The van der Waals surface area contributed by atoms with Crippen molar-refractivity contribution in [3.63, 3.8) is 0 Å². The minimum Gasteiger partial charge on any atom is -0.370 e. The first-order valence-electron chi connectivity index (χ1n) is 7.26. The van der Waals surface area contributed by atoms with Gasteiger partial charge in [0.15, 0.2) is 0 Å². The molecular formula is C16H21FN4. The highest BCUT2D eigenvalue weighted by atomic mass is 19.1. The maximum atomic E-state index is 13.4. The van der Waals surface area contributed by atoms with Gasteiger partial charge in [0.1, 0.15) is 23.3 Å². The van der Waals surface area contributed by atoms with Crippen molar-refractivity contribution in [1.29, 1.82) is 0 Å². The van der Waals surface area contributed by atoms with Crippen molar-refractivity contribution in [3.05, 3.63) is 42.0 Å². The summed E-state index contributed by atoms with van der Waals surface area (Å²) >= 11 is 0. The summed E-state index contributed by atoms with van der Waals surface area (Å²) in [6, 6.07) is 8.44. The number of nitrogens with zero attached hydrogens (tertiary/aromatic N) is 3. The van der Waals surface area contributed by atoms with Crippen LogP contribution in [0.25, 0.3) is 0 Å². The molecule has 5 heteroatoms. The van der Waals surface area contributed by atoms with Gasteiger partial charge in [-0.2, -0.15) is 0 Å². The molecule has 21 heavy (non-hydrogen) atoms. The molecule has 1 aromatic carbocycles. The van der Waals surface area contributed by atoms with Crippen LogP contribution in [0.1, 0.15) is 26.1 Å². The van der Waals surface area contributed by atoms with Gasteiger partial charge in [0.05, 0.1) is 0 Å². The first kappa shape index (κ1) is 15.2. The van der Waals surface area contributed by atoms with E-state index in [-0.39, 0.29) is 5.82 Å². The third kappa shape index (κ3) is 3.90. The van der Waals surface area contributed by atoms with Crippen LogP contribution in [-0.2, 0) is 0 Å². The van der Waals surface area contributed by atoms with E-state index in [1.54, 1.807) is 6.07 Å². The quantitative estimate of drug-likeness (QED) is 0.875. The molecule has 0 amide bonds. The Kier molecular flexibility index (Phi) is 5.09. The lowest BCUT2D eigenvalue weighted by atomic mass is 10.2. The van der Waals surface area contributed by atoms with Crippen molar-refractivity contribution in [3.8, 4) is 0 Å². The highest BCUT2D eigenvalue weighted by Gasteiger charge is 2.11. The molecule has 0 spiro atoms. The normalized spacial score (nSPS) is 10.5. The number of hydrogen-bond acceptors (Lipinski definition) is 4. The maximum absolute atomic E-state index is 13.4. The minimum atomic E-state index is -0.249. The zero-order valence-corrected chi connectivity index (χ0v) is 12.7. The van der Waals surface area contributed by atoms with E-state index in [9.17, 15) is 4.39 Å². The number of hydrogen-bond donors (Lipinski definition) is 1. The van der Waals surface area contributed by atoms with Gasteiger partial charge in [-0.05, 0) is 38.5 Å². The van der Waals surface area contributed by atoms with Gasteiger partial charge < -0.3 is 10.2 Å². The van der Waals surface area contributed by atoms with Gasteiger partial charge in [0.25, 0.3) is 0 Å². The Morgan fingerprint density at radius 2 is 2.00 bits per heavy atom. The van der Waals surface area contributed by atoms with Crippen molar-refractivity contribution >= 4 is 17.3 Å². The van der Waals surface area contributed by atoms with Gasteiger partial charge in [-0.1, -0.05) is 13.0 Å². The van der Waals surface area contributed by atoms with E-state index in [4.69, 9.17) is 0 Å². The number of benzene rings is 1. The lowest BCUT2D eigenvalue weighted by Gasteiger charge is -2.23. The Hall–Kier alpha value is -2.17. The summed E-state index contributed by atoms with van der Waals surface area (Å²) in [5, 5.41) is 3.27. The predicted molar refractivity (Wildman–Crippen MR) is 84.6 cm³/mol. The smallest absolute Gasteiger partial charge is 0.138 e. The van der Waals surface area contributed by atoms with Crippen molar-refractivity contribution in [2.24, 2.45) is 0 Å². The predicted octanol–water partition coefficient (Wildman–Crippen LogP) is 3.90. The van der Waals surface area contributed by atoms with Crippen LogP contribution in [0.3, 0.4) is 0 Å². The Labute approximate surface area is 125 Å². The largest absolute Gasteiger partial charge is 0.370 e. The summed E-state index contributed by atoms with van der Waals surface area (Å²) in [4.78, 5) is 10.8. The number of nitrogens with one attached hydrogen (secondary N) is 1. The second-order valence-electron chi connectivity index (χ2n) is 4.81. The number of aromatic nitrogens is 2. The van der Waals surface area contributed by atoms with E-state index in [2.05, 4.69) is 22.2 Å². The molecular weight excluding hydrogens is 267 g/mol. The molecule has 0 aliphatic heterocycles. The molecule has 1 heterocycles. The first-order valence-corrected chi connectivity index (χ1v) is 7.26. The van der Waals surface area contributed by atoms with Crippen LogP contribution >= 0.6 is 0 Å². The fraction of sp³-hybridized carbons (Fsp3) is 0.375. The second kappa shape index (κ2) is 7.02. The molecule has 0 aliphatic carbocycles. The Morgan fingerprint density at radius 3 is 2.67 bits per heavy atom. The molecule has 0 fully saturated rings. The van der Waals surface area contributed by atoms with Crippen LogP contribution in [0, 0.1) is 12.7 Å². The third-order valence-electron chi connectivity index (χ3n) is 3.09. The Balaban J connectivity index is 2.35. The Bertz CT molecular complexity index is 601. The van der Waals surface area contributed by atoms with E-state index in [1.807, 2.05) is 30.9 Å². The summed E-state index contributed by atoms with van der Waals surface area (Å²) in [5.41, 5.74) is 0.789. The zero-order valence-electron chi connectivity index (χ0n) is 12.7. The highest BCUT2D eigenvalue weighted by Crippen LogP contribution is 2.25. The van der Waals surface area contributed by atoms with Gasteiger partial charge in [-0.15, -0.1) is 0 Å². The molecule has 0 saturated heterocycles. The average molecular weight is 288 g/mol. The molecule has 112 valence electrons. The van der Waals surface area contributed by atoms with E-state index >= 15 is 0 Å². The van der Waals surface area contributed by atoms with Crippen molar-refractivity contribution < 1.29 is 4.39 Å². The summed E-state index contributed by atoms with van der Waals surface area (Å²) < 4.78 is 13.4. The van der Waals surface area contributed by atoms with Crippen LogP contribution in [-0.4, -0.2) is 23.1 Å². The second-order valence-corrected chi connectivity index (χ2v) is 4.81. The van der Waals surface area contributed by atoms with Gasteiger partial charge >= 0.3 is 0 Å². The van der Waals surface area contributed by atoms with E-state index in [0.717, 1.165) is 30.3 Å². The highest BCUT2D eigenvalue weighted by molar-refractivity contribution is 5.62. The van der Waals surface area contributed by atoms with Crippen LogP contribution in [0.4, 0.5) is 21.7 Å². The monoisotopic (exact) mass is 288 g/mol. The lowest BCUT2D eigenvalue weighted by Crippen LogP contribution is -2.18. The van der Waals surface area contributed by atoms with Gasteiger partial charge in [-0.25, -0.2) is 14.4 Å². The van der Waals surface area contributed by atoms with Gasteiger partial charge in [0.2, 0.25) is 0 Å². The lowest BCUT2D eigenvalue weighted by molar-refractivity contribution is 0.627. The van der Waals surface area contributed by atoms with Crippen LogP contribution in [0.2, 0.25) is 0 Å². The molecule has 2 rings (SSSR count). The molecule has 0 atom stereocenters. The van der Waals surface area contributed by atoms with E-state index in [1.165, 1.54) is 12.1 Å². The van der Waals surface area contributed by atoms with Gasteiger partial charge in [0, 0.05) is 24.8 Å². The summed E-state index contributed by atoms with van der Waals surface area (Å²) in [6.07, 6.45) is 1.03. The van der Waals surface area contributed by atoms with E-state index in [0.29, 0.717) is 12.4 Å². The average Bonchev–Trinajstić information content (AvgIpc) is 2.45. The molecule has 4 nitrogen and oxygen atoms in total. The molecule has 0 radical (unpaired) electrons. The molecule has 0 saturated carbocycles. The fourth-order valence-electron chi connectivity index (χ4n) is 2.15. The third-order valence-corrected chi connectivity index (χ3v) is 3.09. The number of anilines is 3. The topological polar surface area (TPSA) is 41.0 Å². The molecule has 0 unspecified atom stereocenters. The minimum absolute atomic E-state index is 0.249. The standard InChI is InChI=1S/C16H21FN4/c1-4-9-18-15-11-16(20-12(3)19-15)21(5-2)14-8-6-7-13(17)10-14/h6-8,10-11H,4-5,9H2,1-3H3,(H,18,19,20). The van der Waals surface area contributed by atoms with Crippen LogP contribution in [0.5, 0.6) is 0 Å². The van der Waals surface area contributed by atoms with Crippen molar-refractivity contribution in [2.75, 3.05) is 23.3 Å². The fourth-order valence-corrected chi connectivity index (χ4v) is 2.15. The summed E-state index contributed by atoms with van der Waals surface area (Å²) in [7, 11) is 0. The van der Waals surface area contributed by atoms with Crippen molar-refractivity contribution in [2.45, 2.75) is 27.2 Å². The maximum Gasteiger partial charge on any atom is 0.138 e. The zero-order chi connectivity index (χ0) is 15.2. The first-order chi connectivity index (χ1) is 10.1. The Morgan fingerprint density at radius 1 is 1.19 bits per heavy atom. The molecule has 0 aliphatic rings. The molecule has 2 aromatic rings. The van der Waals surface area contributed by atoms with Crippen molar-refractivity contribution in [1.82, 2.24) is 9.97 Å². The summed E-state index contributed by atoms with van der Waals surface area (Å²) in [5.74, 6) is 2.02. The number of halogens is 1. The summed E-state index contributed by atoms with van der Waals surface area (Å²) in [6.45, 7) is 7.55. The van der Waals surface area contributed by atoms with Gasteiger partial charge in [-0.3, -0.25) is 0 Å². The van der Waals surface area contributed by atoms with E-state index < -0.39 is 0 Å². The molecule has 1 aromatic heterocycles.